The first-order valence-corrected chi connectivity index (χ1v) is 6.31. The summed E-state index contributed by atoms with van der Waals surface area (Å²) >= 11 is 0. The molecule has 0 radical (unpaired) electrons. The first-order chi connectivity index (χ1) is 7.56. The highest BCUT2D eigenvalue weighted by atomic mass is 16.1. The molecule has 3 N–H and O–H groups in total. The summed E-state index contributed by atoms with van der Waals surface area (Å²) < 4.78 is 0. The van der Waals surface area contributed by atoms with E-state index in [2.05, 4.69) is 24.2 Å². The van der Waals surface area contributed by atoms with Crippen LogP contribution in [0.2, 0.25) is 0 Å². The molecule has 4 nitrogen and oxygen atoms in total. The Balaban J connectivity index is 2.12. The molecule has 92 valence electrons. The highest BCUT2D eigenvalue weighted by Crippen LogP contribution is 2.41. The highest BCUT2D eigenvalue weighted by molar-refractivity contribution is 5.75. The molecule has 16 heavy (non-hydrogen) atoms. The fourth-order valence-electron chi connectivity index (χ4n) is 3.63. The maximum absolute atomic E-state index is 11.2. The Morgan fingerprint density at radius 3 is 2.44 bits per heavy atom. The molecule has 2 atom stereocenters. The normalized spacial score (nSPS) is 38.9. The van der Waals surface area contributed by atoms with Crippen LogP contribution in [0.25, 0.3) is 0 Å². The molecule has 2 bridgehead atoms. The molecule has 2 saturated heterocycles. The average Bonchev–Trinajstić information content (AvgIpc) is 2.44. The molecule has 2 aliphatic heterocycles. The van der Waals surface area contributed by atoms with Crippen molar-refractivity contribution in [2.24, 2.45) is 5.73 Å². The summed E-state index contributed by atoms with van der Waals surface area (Å²) in [6.07, 6.45) is 5.16. The zero-order valence-corrected chi connectivity index (χ0v) is 10.3. The lowest BCUT2D eigenvalue weighted by molar-refractivity contribution is -0.120. The number of rotatable bonds is 4. The molecule has 2 heterocycles. The molecule has 2 fully saturated rings. The Bertz CT molecular complexity index is 265. The number of carbonyl (C=O) groups is 1. The van der Waals surface area contributed by atoms with Crippen LogP contribution in [0.1, 0.15) is 39.0 Å². The lowest BCUT2D eigenvalue weighted by atomic mass is 9.80. The summed E-state index contributed by atoms with van der Waals surface area (Å²) in [7, 11) is 2.21. The van der Waals surface area contributed by atoms with Crippen LogP contribution in [-0.2, 0) is 4.79 Å². The van der Waals surface area contributed by atoms with Gasteiger partial charge in [0.05, 0.1) is 0 Å². The molecule has 4 heteroatoms. The fourth-order valence-corrected chi connectivity index (χ4v) is 3.63. The standard InChI is InChI=1S/C12H23N3O/c1-3-14-12(8-11(13)16)6-9-4-5-10(7-12)15(9)2/h9-10,14H,3-8H2,1-2H3,(H2,13,16). The lowest BCUT2D eigenvalue weighted by Gasteiger charge is -2.45. The number of carbonyl (C=O) groups excluding carboxylic acids is 1. The van der Waals surface area contributed by atoms with Crippen LogP contribution in [-0.4, -0.2) is 42.0 Å². The molecule has 2 unspecified atom stereocenters. The predicted octanol–water partition coefficient (Wildman–Crippen LogP) is 0.467. The predicted molar refractivity (Wildman–Crippen MR) is 64.0 cm³/mol. The van der Waals surface area contributed by atoms with Crippen molar-refractivity contribution < 1.29 is 4.79 Å². The minimum absolute atomic E-state index is 0.0288. The van der Waals surface area contributed by atoms with Gasteiger partial charge in [-0.1, -0.05) is 6.92 Å². The minimum atomic E-state index is -0.176. The first kappa shape index (κ1) is 11.9. The largest absolute Gasteiger partial charge is 0.370 e. The van der Waals surface area contributed by atoms with Crippen LogP contribution in [0.5, 0.6) is 0 Å². The van der Waals surface area contributed by atoms with Crippen molar-refractivity contribution in [3.8, 4) is 0 Å². The third kappa shape index (κ3) is 2.09. The zero-order valence-electron chi connectivity index (χ0n) is 10.3. The van der Waals surface area contributed by atoms with E-state index in [1.54, 1.807) is 0 Å². The maximum atomic E-state index is 11.2. The molecule has 0 aromatic heterocycles. The number of nitrogens with two attached hydrogens (primary N) is 1. The zero-order chi connectivity index (χ0) is 11.8. The van der Waals surface area contributed by atoms with E-state index in [-0.39, 0.29) is 11.4 Å². The molecule has 0 aliphatic carbocycles. The van der Waals surface area contributed by atoms with Crippen molar-refractivity contribution >= 4 is 5.91 Å². The van der Waals surface area contributed by atoms with Gasteiger partial charge < -0.3 is 16.0 Å². The van der Waals surface area contributed by atoms with E-state index in [9.17, 15) is 4.79 Å². The van der Waals surface area contributed by atoms with Crippen LogP contribution < -0.4 is 11.1 Å². The van der Waals surface area contributed by atoms with E-state index in [0.717, 1.165) is 19.4 Å². The van der Waals surface area contributed by atoms with Gasteiger partial charge in [-0.3, -0.25) is 4.79 Å². The molecule has 1 amide bonds. The Kier molecular flexibility index (Phi) is 3.22. The Hall–Kier alpha value is -0.610. The van der Waals surface area contributed by atoms with E-state index < -0.39 is 0 Å². The van der Waals surface area contributed by atoms with Crippen molar-refractivity contribution in [3.63, 3.8) is 0 Å². The van der Waals surface area contributed by atoms with Gasteiger partial charge in [-0.2, -0.15) is 0 Å². The summed E-state index contributed by atoms with van der Waals surface area (Å²) in [6.45, 7) is 3.01. The quantitative estimate of drug-likeness (QED) is 0.731. The number of primary amides is 1. The van der Waals surface area contributed by atoms with Crippen molar-refractivity contribution in [1.82, 2.24) is 10.2 Å². The van der Waals surface area contributed by atoms with Gasteiger partial charge in [0.25, 0.3) is 0 Å². The van der Waals surface area contributed by atoms with Crippen LogP contribution in [0.4, 0.5) is 0 Å². The Morgan fingerprint density at radius 1 is 1.44 bits per heavy atom. The third-order valence-corrected chi connectivity index (χ3v) is 4.30. The van der Waals surface area contributed by atoms with Gasteiger partial charge in [0, 0.05) is 24.0 Å². The monoisotopic (exact) mass is 225 g/mol. The van der Waals surface area contributed by atoms with Gasteiger partial charge in [0.1, 0.15) is 0 Å². The van der Waals surface area contributed by atoms with Crippen LogP contribution in [0.15, 0.2) is 0 Å². The van der Waals surface area contributed by atoms with E-state index in [1.165, 1.54) is 12.8 Å². The summed E-state index contributed by atoms with van der Waals surface area (Å²) in [5.41, 5.74) is 5.36. The molecule has 0 aromatic rings. The SMILES string of the molecule is CCNC1(CC(N)=O)CC2CCC(C1)N2C. The van der Waals surface area contributed by atoms with E-state index in [0.29, 0.717) is 18.5 Å². The van der Waals surface area contributed by atoms with Gasteiger partial charge in [-0.15, -0.1) is 0 Å². The number of hydrogen-bond donors (Lipinski definition) is 2. The number of nitrogens with zero attached hydrogens (tertiary/aromatic N) is 1. The second-order valence-electron chi connectivity index (χ2n) is 5.41. The molecule has 0 saturated carbocycles. The smallest absolute Gasteiger partial charge is 0.219 e. The van der Waals surface area contributed by atoms with E-state index in [1.807, 2.05) is 0 Å². The number of fused-ring (bicyclic) bond motifs is 2. The second-order valence-corrected chi connectivity index (χ2v) is 5.41. The van der Waals surface area contributed by atoms with Crippen molar-refractivity contribution in [1.29, 1.82) is 0 Å². The van der Waals surface area contributed by atoms with Gasteiger partial charge >= 0.3 is 0 Å². The number of amides is 1. The Labute approximate surface area is 97.6 Å². The molecular formula is C12H23N3O. The highest BCUT2D eigenvalue weighted by Gasteiger charge is 2.46. The van der Waals surface area contributed by atoms with E-state index in [4.69, 9.17) is 5.73 Å². The van der Waals surface area contributed by atoms with E-state index >= 15 is 0 Å². The van der Waals surface area contributed by atoms with Gasteiger partial charge in [-0.05, 0) is 39.3 Å². The van der Waals surface area contributed by atoms with Crippen LogP contribution >= 0.6 is 0 Å². The number of piperidine rings is 1. The summed E-state index contributed by atoms with van der Waals surface area (Å²) in [4.78, 5) is 13.7. The third-order valence-electron chi connectivity index (χ3n) is 4.30. The molecular weight excluding hydrogens is 202 g/mol. The first-order valence-electron chi connectivity index (χ1n) is 6.31. The van der Waals surface area contributed by atoms with Gasteiger partial charge in [0.2, 0.25) is 5.91 Å². The molecule has 0 aromatic carbocycles. The molecule has 0 spiro atoms. The number of nitrogens with one attached hydrogen (secondary N) is 1. The minimum Gasteiger partial charge on any atom is -0.370 e. The number of hydrogen-bond acceptors (Lipinski definition) is 3. The lowest BCUT2D eigenvalue weighted by Crippen LogP contribution is -2.58. The summed E-state index contributed by atoms with van der Waals surface area (Å²) in [5.74, 6) is -0.176. The van der Waals surface area contributed by atoms with Crippen molar-refractivity contribution in [2.45, 2.75) is 56.7 Å². The van der Waals surface area contributed by atoms with Crippen molar-refractivity contribution in [3.05, 3.63) is 0 Å². The Morgan fingerprint density at radius 2 is 2.00 bits per heavy atom. The summed E-state index contributed by atoms with van der Waals surface area (Å²) in [5, 5.41) is 3.52. The second kappa shape index (κ2) is 4.34. The molecule has 2 rings (SSSR count). The molecule has 2 aliphatic rings. The van der Waals surface area contributed by atoms with Gasteiger partial charge in [-0.25, -0.2) is 0 Å². The topological polar surface area (TPSA) is 58.4 Å². The maximum Gasteiger partial charge on any atom is 0.219 e. The summed E-state index contributed by atoms with van der Waals surface area (Å²) in [6, 6.07) is 1.27. The van der Waals surface area contributed by atoms with Crippen molar-refractivity contribution in [2.75, 3.05) is 13.6 Å². The van der Waals surface area contributed by atoms with Gasteiger partial charge in [0.15, 0.2) is 0 Å². The van der Waals surface area contributed by atoms with Crippen LogP contribution in [0, 0.1) is 0 Å². The van der Waals surface area contributed by atoms with Crippen LogP contribution in [0.3, 0.4) is 0 Å². The fraction of sp³-hybridized carbons (Fsp3) is 0.917. The average molecular weight is 225 g/mol.